The molecular formula is C12H20N4O7. The smallest absolute Gasteiger partial charge is 0.326 e. The van der Waals surface area contributed by atoms with Crippen LogP contribution in [-0.2, 0) is 24.0 Å². The maximum absolute atomic E-state index is 11.6. The van der Waals surface area contributed by atoms with Gasteiger partial charge in [0, 0.05) is 0 Å². The van der Waals surface area contributed by atoms with Crippen molar-refractivity contribution < 1.29 is 34.2 Å². The normalized spacial score (nSPS) is 14.0. The van der Waals surface area contributed by atoms with E-state index in [1.807, 2.05) is 5.32 Å². The molecule has 0 heterocycles. The first-order chi connectivity index (χ1) is 10.5. The summed E-state index contributed by atoms with van der Waals surface area (Å²) in [4.78, 5) is 55.7. The molecule has 0 radical (unpaired) electrons. The number of hydrogen-bond donors (Lipinski definition) is 6. The van der Waals surface area contributed by atoms with Crippen LogP contribution in [0.4, 0.5) is 0 Å². The van der Waals surface area contributed by atoms with Crippen LogP contribution in [0.3, 0.4) is 0 Å². The second-order valence-electron chi connectivity index (χ2n) is 4.79. The number of amides is 3. The molecule has 0 unspecified atom stereocenters. The van der Waals surface area contributed by atoms with Crippen molar-refractivity contribution in [3.05, 3.63) is 0 Å². The fourth-order valence-electron chi connectivity index (χ4n) is 1.35. The summed E-state index contributed by atoms with van der Waals surface area (Å²) >= 11 is 0. The number of carboxylic acid groups (broad SMARTS) is 2. The van der Waals surface area contributed by atoms with Gasteiger partial charge in [-0.3, -0.25) is 19.2 Å². The monoisotopic (exact) mass is 332 g/mol. The Hall–Kier alpha value is -2.69. The minimum atomic E-state index is -1.60. The molecule has 0 aromatic heterocycles. The van der Waals surface area contributed by atoms with Gasteiger partial charge in [-0.15, -0.1) is 0 Å². The lowest BCUT2D eigenvalue weighted by Crippen LogP contribution is -2.52. The highest BCUT2D eigenvalue weighted by molar-refractivity contribution is 5.92. The number of aliphatic carboxylic acids is 2. The molecule has 0 saturated heterocycles. The largest absolute Gasteiger partial charge is 0.481 e. The Morgan fingerprint density at radius 3 is 2.00 bits per heavy atom. The van der Waals surface area contributed by atoms with Crippen LogP contribution < -0.4 is 21.7 Å². The molecule has 7 N–H and O–H groups in total. The number of carboxylic acids is 2. The van der Waals surface area contributed by atoms with E-state index in [0.717, 1.165) is 0 Å². The van der Waals surface area contributed by atoms with E-state index < -0.39 is 60.8 Å². The van der Waals surface area contributed by atoms with Crippen LogP contribution in [0.1, 0.15) is 20.3 Å². The van der Waals surface area contributed by atoms with Gasteiger partial charge in [0.05, 0.1) is 19.0 Å². The topological polar surface area (TPSA) is 188 Å². The summed E-state index contributed by atoms with van der Waals surface area (Å²) in [6.07, 6.45) is -0.796. The third-order valence-electron chi connectivity index (χ3n) is 2.60. The van der Waals surface area contributed by atoms with E-state index in [4.69, 9.17) is 15.9 Å². The number of rotatable bonds is 9. The van der Waals surface area contributed by atoms with Crippen molar-refractivity contribution in [1.82, 2.24) is 16.0 Å². The van der Waals surface area contributed by atoms with E-state index in [1.165, 1.54) is 13.8 Å². The predicted molar refractivity (Wildman–Crippen MR) is 76.1 cm³/mol. The first-order valence-electron chi connectivity index (χ1n) is 6.62. The van der Waals surface area contributed by atoms with E-state index in [9.17, 15) is 24.0 Å². The minimum absolute atomic E-state index is 0.551. The van der Waals surface area contributed by atoms with Gasteiger partial charge < -0.3 is 31.9 Å². The van der Waals surface area contributed by atoms with Gasteiger partial charge in [0.25, 0.3) is 0 Å². The summed E-state index contributed by atoms with van der Waals surface area (Å²) in [5, 5.41) is 23.7. The van der Waals surface area contributed by atoms with Crippen LogP contribution in [-0.4, -0.2) is 64.5 Å². The van der Waals surface area contributed by atoms with Gasteiger partial charge in [-0.2, -0.15) is 0 Å². The van der Waals surface area contributed by atoms with E-state index in [2.05, 4.69) is 10.6 Å². The summed E-state index contributed by atoms with van der Waals surface area (Å²) in [7, 11) is 0. The van der Waals surface area contributed by atoms with E-state index in [-0.39, 0.29) is 0 Å². The first-order valence-corrected chi connectivity index (χ1v) is 6.62. The summed E-state index contributed by atoms with van der Waals surface area (Å²) in [6.45, 7) is 2.24. The number of carbonyl (C=O) groups is 5. The first kappa shape index (κ1) is 20.3. The summed E-state index contributed by atoms with van der Waals surface area (Å²) in [5.41, 5.74) is 5.32. The fraction of sp³-hybridized carbons (Fsp3) is 0.583. The Morgan fingerprint density at radius 1 is 1.00 bits per heavy atom. The predicted octanol–water partition coefficient (Wildman–Crippen LogP) is -3.00. The van der Waals surface area contributed by atoms with Crippen LogP contribution in [0.2, 0.25) is 0 Å². The molecular weight excluding hydrogens is 312 g/mol. The molecule has 0 fully saturated rings. The second-order valence-corrected chi connectivity index (χ2v) is 4.79. The molecule has 130 valence electrons. The van der Waals surface area contributed by atoms with Gasteiger partial charge in [-0.1, -0.05) is 0 Å². The molecule has 0 bridgehead atoms. The van der Waals surface area contributed by atoms with E-state index in [1.54, 1.807) is 0 Å². The highest BCUT2D eigenvalue weighted by Gasteiger charge is 2.23. The average molecular weight is 332 g/mol. The molecule has 23 heavy (non-hydrogen) atoms. The van der Waals surface area contributed by atoms with Gasteiger partial charge in [-0.25, -0.2) is 4.79 Å². The van der Waals surface area contributed by atoms with Crippen molar-refractivity contribution in [2.45, 2.75) is 38.4 Å². The van der Waals surface area contributed by atoms with Crippen LogP contribution in [0.15, 0.2) is 0 Å². The quantitative estimate of drug-likeness (QED) is 0.257. The van der Waals surface area contributed by atoms with Crippen molar-refractivity contribution in [3.8, 4) is 0 Å². The zero-order valence-corrected chi connectivity index (χ0v) is 12.7. The third-order valence-corrected chi connectivity index (χ3v) is 2.60. The van der Waals surface area contributed by atoms with Gasteiger partial charge in [0.1, 0.15) is 12.1 Å². The number of nitrogens with two attached hydrogens (primary N) is 1. The molecule has 0 aliphatic heterocycles. The molecule has 11 nitrogen and oxygen atoms in total. The molecule has 0 aromatic rings. The van der Waals surface area contributed by atoms with Crippen molar-refractivity contribution in [2.75, 3.05) is 6.54 Å². The summed E-state index contributed by atoms with van der Waals surface area (Å²) in [6, 6.07) is -3.36. The molecule has 3 atom stereocenters. The van der Waals surface area contributed by atoms with Crippen LogP contribution in [0.5, 0.6) is 0 Å². The maximum atomic E-state index is 11.6. The molecule has 3 amide bonds. The number of nitrogens with one attached hydrogen (secondary N) is 3. The Kier molecular flexibility index (Phi) is 8.26. The van der Waals surface area contributed by atoms with Crippen molar-refractivity contribution in [2.24, 2.45) is 5.73 Å². The standard InChI is InChI=1S/C12H20N4O7/c1-5(13)10(20)15-6(2)11(21)14-4-8(17)16-7(12(22)23)3-9(18)19/h5-7H,3-4,13H2,1-2H3,(H,14,21)(H,15,20)(H,16,17)(H,18,19)(H,22,23)/t5-,6-,7-/m0/s1. The lowest BCUT2D eigenvalue weighted by Gasteiger charge is -2.16. The Labute approximate surface area is 131 Å². The molecule has 0 aromatic carbocycles. The Balaban J connectivity index is 4.36. The molecule has 11 heteroatoms. The van der Waals surface area contributed by atoms with Gasteiger partial charge in [0.2, 0.25) is 17.7 Å². The Morgan fingerprint density at radius 2 is 1.57 bits per heavy atom. The Bertz CT molecular complexity index is 492. The third kappa shape index (κ3) is 8.36. The maximum Gasteiger partial charge on any atom is 0.326 e. The fourth-order valence-corrected chi connectivity index (χ4v) is 1.35. The van der Waals surface area contributed by atoms with Gasteiger partial charge in [-0.05, 0) is 13.8 Å². The molecule has 0 aliphatic carbocycles. The average Bonchev–Trinajstić information content (AvgIpc) is 2.42. The van der Waals surface area contributed by atoms with Gasteiger partial charge >= 0.3 is 11.9 Å². The molecule has 0 rings (SSSR count). The molecule has 0 spiro atoms. The zero-order chi connectivity index (χ0) is 18.2. The molecule has 0 saturated carbocycles. The number of carbonyl (C=O) groups excluding carboxylic acids is 3. The summed E-state index contributed by atoms with van der Waals surface area (Å²) in [5.74, 6) is -5.01. The SMILES string of the molecule is C[C@H](N)C(=O)N[C@@H](C)C(=O)NCC(=O)N[C@@H](CC(=O)O)C(=O)O. The number of hydrogen-bond acceptors (Lipinski definition) is 6. The highest BCUT2D eigenvalue weighted by atomic mass is 16.4. The minimum Gasteiger partial charge on any atom is -0.481 e. The highest BCUT2D eigenvalue weighted by Crippen LogP contribution is 1.92. The van der Waals surface area contributed by atoms with Gasteiger partial charge in [0.15, 0.2) is 0 Å². The lowest BCUT2D eigenvalue weighted by molar-refractivity contribution is -0.147. The second kappa shape index (κ2) is 9.35. The lowest BCUT2D eigenvalue weighted by atomic mass is 10.2. The van der Waals surface area contributed by atoms with Crippen molar-refractivity contribution in [3.63, 3.8) is 0 Å². The summed E-state index contributed by atoms with van der Waals surface area (Å²) < 4.78 is 0. The van der Waals surface area contributed by atoms with Crippen molar-refractivity contribution in [1.29, 1.82) is 0 Å². The zero-order valence-electron chi connectivity index (χ0n) is 12.7. The van der Waals surface area contributed by atoms with Crippen molar-refractivity contribution >= 4 is 29.7 Å². The molecule has 0 aliphatic rings. The van der Waals surface area contributed by atoms with Crippen LogP contribution in [0, 0.1) is 0 Å². The van der Waals surface area contributed by atoms with E-state index >= 15 is 0 Å². The van der Waals surface area contributed by atoms with E-state index in [0.29, 0.717) is 0 Å². The van der Waals surface area contributed by atoms with Crippen LogP contribution >= 0.6 is 0 Å². The van der Waals surface area contributed by atoms with Crippen LogP contribution in [0.25, 0.3) is 0 Å².